The van der Waals surface area contributed by atoms with Crippen molar-refractivity contribution in [2.75, 3.05) is 45.9 Å². The zero-order valence-electron chi connectivity index (χ0n) is 17.4. The third-order valence-corrected chi connectivity index (χ3v) is 5.01. The fourth-order valence-corrected chi connectivity index (χ4v) is 3.20. The van der Waals surface area contributed by atoms with E-state index in [0.717, 1.165) is 56.9 Å². The van der Waals surface area contributed by atoms with Crippen LogP contribution in [0.25, 0.3) is 0 Å². The number of aliphatic imine (C=N–C) groups is 1. The largest absolute Gasteiger partial charge is 0.379 e. The summed E-state index contributed by atoms with van der Waals surface area (Å²) < 4.78 is 18.4. The molecule has 0 saturated carbocycles. The molecule has 8 nitrogen and oxygen atoms in total. The van der Waals surface area contributed by atoms with E-state index in [9.17, 15) is 14.5 Å². The lowest BCUT2D eigenvalue weighted by Gasteiger charge is -2.26. The fourth-order valence-electron chi connectivity index (χ4n) is 3.20. The first-order chi connectivity index (χ1) is 15.1. The van der Waals surface area contributed by atoms with Crippen molar-refractivity contribution in [1.29, 1.82) is 0 Å². The fraction of sp³-hybridized carbons (Fsp3) is 0.409. The summed E-state index contributed by atoms with van der Waals surface area (Å²) >= 11 is 0. The molecule has 1 fully saturated rings. The first-order valence-corrected chi connectivity index (χ1v) is 10.4. The minimum absolute atomic E-state index is 0.0639. The molecule has 1 heterocycles. The lowest BCUT2D eigenvalue weighted by Crippen LogP contribution is -2.44. The van der Waals surface area contributed by atoms with Crippen molar-refractivity contribution < 1.29 is 14.1 Å². The average molecular weight is 429 g/mol. The van der Waals surface area contributed by atoms with E-state index in [0.29, 0.717) is 19.0 Å². The topological polar surface area (TPSA) is 92.0 Å². The van der Waals surface area contributed by atoms with Crippen LogP contribution in [0.15, 0.2) is 53.5 Å². The number of nitrogens with zero attached hydrogens (tertiary/aromatic N) is 3. The summed E-state index contributed by atoms with van der Waals surface area (Å²) in [5, 5.41) is 17.5. The van der Waals surface area contributed by atoms with Gasteiger partial charge in [0.05, 0.1) is 24.7 Å². The molecule has 2 aromatic rings. The van der Waals surface area contributed by atoms with Gasteiger partial charge in [0, 0.05) is 44.9 Å². The van der Waals surface area contributed by atoms with Crippen LogP contribution in [-0.2, 0) is 17.7 Å². The molecule has 0 atom stereocenters. The van der Waals surface area contributed by atoms with Crippen molar-refractivity contribution in [2.45, 2.75) is 13.0 Å². The lowest BCUT2D eigenvalue weighted by molar-refractivity contribution is -0.384. The van der Waals surface area contributed by atoms with Gasteiger partial charge >= 0.3 is 0 Å². The maximum absolute atomic E-state index is 13.1. The minimum Gasteiger partial charge on any atom is -0.379 e. The maximum atomic E-state index is 13.1. The molecule has 0 radical (unpaired) electrons. The first kappa shape index (κ1) is 22.6. The standard InChI is InChI=1S/C22H28FN5O3/c23-20-5-1-18(2-6-20)9-10-24-22(25-11-12-27-13-15-31-16-14-27)26-17-19-3-7-21(8-4-19)28(29)30/h1-8H,9-17H2,(H2,24,25,26). The molecular weight excluding hydrogens is 401 g/mol. The Morgan fingerprint density at radius 1 is 1.03 bits per heavy atom. The van der Waals surface area contributed by atoms with E-state index in [1.807, 2.05) is 0 Å². The number of rotatable bonds is 9. The van der Waals surface area contributed by atoms with Gasteiger partial charge in [-0.15, -0.1) is 0 Å². The summed E-state index contributed by atoms with van der Waals surface area (Å²) in [5.41, 5.74) is 1.99. The smallest absolute Gasteiger partial charge is 0.269 e. The van der Waals surface area contributed by atoms with Crippen molar-refractivity contribution in [1.82, 2.24) is 15.5 Å². The number of morpholine rings is 1. The Morgan fingerprint density at radius 3 is 2.35 bits per heavy atom. The van der Waals surface area contributed by atoms with Crippen molar-refractivity contribution in [3.8, 4) is 0 Å². The van der Waals surface area contributed by atoms with Gasteiger partial charge in [0.1, 0.15) is 5.82 Å². The molecule has 0 aromatic heterocycles. The summed E-state index contributed by atoms with van der Waals surface area (Å²) in [6, 6.07) is 12.9. The van der Waals surface area contributed by atoms with Crippen molar-refractivity contribution in [3.63, 3.8) is 0 Å². The molecule has 31 heavy (non-hydrogen) atoms. The summed E-state index contributed by atoms with van der Waals surface area (Å²) in [4.78, 5) is 17.3. The van der Waals surface area contributed by atoms with Gasteiger partial charge in [-0.3, -0.25) is 15.0 Å². The number of guanidine groups is 1. The van der Waals surface area contributed by atoms with Gasteiger partial charge in [-0.05, 0) is 29.7 Å². The van der Waals surface area contributed by atoms with E-state index in [-0.39, 0.29) is 11.5 Å². The molecule has 0 spiro atoms. The van der Waals surface area contributed by atoms with E-state index in [1.165, 1.54) is 24.3 Å². The molecule has 166 valence electrons. The maximum Gasteiger partial charge on any atom is 0.269 e. The second kappa shape index (κ2) is 12.0. The Bertz CT molecular complexity index is 852. The monoisotopic (exact) mass is 429 g/mol. The molecule has 1 aliphatic heterocycles. The van der Waals surface area contributed by atoms with E-state index in [4.69, 9.17) is 4.74 Å². The second-order valence-corrected chi connectivity index (χ2v) is 7.27. The highest BCUT2D eigenvalue weighted by Crippen LogP contribution is 2.12. The predicted octanol–water partition coefficient (Wildman–Crippen LogP) is 2.34. The van der Waals surface area contributed by atoms with Crippen LogP contribution in [0.4, 0.5) is 10.1 Å². The van der Waals surface area contributed by atoms with Gasteiger partial charge < -0.3 is 15.4 Å². The molecule has 1 saturated heterocycles. The normalized spacial score (nSPS) is 14.9. The van der Waals surface area contributed by atoms with Crippen LogP contribution in [0.5, 0.6) is 0 Å². The zero-order valence-corrected chi connectivity index (χ0v) is 17.4. The molecule has 2 N–H and O–H groups in total. The number of hydrogen-bond donors (Lipinski definition) is 2. The zero-order chi connectivity index (χ0) is 21.9. The van der Waals surface area contributed by atoms with Crippen LogP contribution in [-0.4, -0.2) is 61.7 Å². The molecule has 1 aliphatic rings. The summed E-state index contributed by atoms with van der Waals surface area (Å²) in [6.45, 7) is 6.05. The van der Waals surface area contributed by atoms with Crippen LogP contribution >= 0.6 is 0 Å². The van der Waals surface area contributed by atoms with Crippen molar-refractivity contribution in [3.05, 3.63) is 75.6 Å². The quantitative estimate of drug-likeness (QED) is 0.275. The second-order valence-electron chi connectivity index (χ2n) is 7.27. The lowest BCUT2D eigenvalue weighted by atomic mass is 10.1. The van der Waals surface area contributed by atoms with Gasteiger partial charge in [0.15, 0.2) is 5.96 Å². The Morgan fingerprint density at radius 2 is 1.68 bits per heavy atom. The number of ether oxygens (including phenoxy) is 1. The summed E-state index contributed by atoms with van der Waals surface area (Å²) in [7, 11) is 0. The highest BCUT2D eigenvalue weighted by molar-refractivity contribution is 5.79. The Kier molecular flexibility index (Phi) is 8.74. The number of hydrogen-bond acceptors (Lipinski definition) is 5. The highest BCUT2D eigenvalue weighted by atomic mass is 19.1. The van der Waals surface area contributed by atoms with Crippen LogP contribution < -0.4 is 10.6 Å². The van der Waals surface area contributed by atoms with Gasteiger partial charge in [0.2, 0.25) is 0 Å². The van der Waals surface area contributed by atoms with Gasteiger partial charge in [-0.1, -0.05) is 24.3 Å². The third-order valence-electron chi connectivity index (χ3n) is 5.01. The molecule has 0 amide bonds. The van der Waals surface area contributed by atoms with E-state index in [2.05, 4.69) is 20.5 Å². The SMILES string of the molecule is O=[N+]([O-])c1ccc(CN=C(NCCc2ccc(F)cc2)NCCN2CCOCC2)cc1. The average Bonchev–Trinajstić information content (AvgIpc) is 2.79. The molecule has 3 rings (SSSR count). The third kappa shape index (κ3) is 7.95. The highest BCUT2D eigenvalue weighted by Gasteiger charge is 2.10. The van der Waals surface area contributed by atoms with E-state index < -0.39 is 4.92 Å². The minimum atomic E-state index is -0.414. The molecule has 0 bridgehead atoms. The van der Waals surface area contributed by atoms with Crippen LogP contribution in [0, 0.1) is 15.9 Å². The number of non-ortho nitro benzene ring substituents is 1. The number of halogens is 1. The van der Waals surface area contributed by atoms with E-state index >= 15 is 0 Å². The first-order valence-electron chi connectivity index (χ1n) is 10.4. The molecule has 0 aliphatic carbocycles. The molecule has 9 heteroatoms. The number of nitrogens with one attached hydrogen (secondary N) is 2. The predicted molar refractivity (Wildman–Crippen MR) is 118 cm³/mol. The van der Waals surface area contributed by atoms with Crippen LogP contribution in [0.2, 0.25) is 0 Å². The Balaban J connectivity index is 1.54. The molecular formula is C22H28FN5O3. The number of nitro benzene ring substituents is 1. The molecule has 2 aromatic carbocycles. The Labute approximate surface area is 181 Å². The van der Waals surface area contributed by atoms with Crippen molar-refractivity contribution >= 4 is 11.6 Å². The van der Waals surface area contributed by atoms with Gasteiger partial charge in [-0.2, -0.15) is 0 Å². The molecule has 0 unspecified atom stereocenters. The summed E-state index contributed by atoms with van der Waals surface area (Å²) in [6.07, 6.45) is 0.738. The number of benzene rings is 2. The van der Waals surface area contributed by atoms with Crippen LogP contribution in [0.1, 0.15) is 11.1 Å². The summed E-state index contributed by atoms with van der Waals surface area (Å²) in [5.74, 6) is 0.431. The number of nitro groups is 1. The van der Waals surface area contributed by atoms with Gasteiger partial charge in [-0.25, -0.2) is 9.38 Å². The van der Waals surface area contributed by atoms with Gasteiger partial charge in [0.25, 0.3) is 5.69 Å². The Hall–Kier alpha value is -3.04. The van der Waals surface area contributed by atoms with Crippen molar-refractivity contribution in [2.24, 2.45) is 4.99 Å². The van der Waals surface area contributed by atoms with Crippen LogP contribution in [0.3, 0.4) is 0 Å². The van der Waals surface area contributed by atoms with E-state index in [1.54, 1.807) is 24.3 Å².